The number of rotatable bonds is 3. The highest BCUT2D eigenvalue weighted by molar-refractivity contribution is 5.97. The molecule has 2 fully saturated rings. The number of carboxylic acids is 1. The Bertz CT molecular complexity index is 774. The summed E-state index contributed by atoms with van der Waals surface area (Å²) >= 11 is 0. The van der Waals surface area contributed by atoms with Crippen LogP contribution >= 0.6 is 0 Å². The third-order valence-electron chi connectivity index (χ3n) is 5.34. The molecule has 1 saturated heterocycles. The second kappa shape index (κ2) is 6.27. The van der Waals surface area contributed by atoms with Crippen LogP contribution in [-0.4, -0.2) is 54.2 Å². The zero-order chi connectivity index (χ0) is 17.4. The average Bonchev–Trinajstić information content (AvgIpc) is 3.29. The maximum atomic E-state index is 13.0. The predicted octanol–water partition coefficient (Wildman–Crippen LogP) is 1.52. The SMILES string of the molecule is O=C(O)[C@@H]1C[C@H]2CCCC[C@@H]2N1C(=O)c1ccc(-n2cnnn2)cc1. The number of benzene rings is 1. The van der Waals surface area contributed by atoms with Crippen LogP contribution in [0.5, 0.6) is 0 Å². The van der Waals surface area contributed by atoms with Gasteiger partial charge in [-0.2, -0.15) is 0 Å². The number of aliphatic carboxylic acids is 1. The summed E-state index contributed by atoms with van der Waals surface area (Å²) in [5, 5.41) is 20.6. The van der Waals surface area contributed by atoms with Gasteiger partial charge in [0.2, 0.25) is 0 Å². The Morgan fingerprint density at radius 1 is 1.12 bits per heavy atom. The highest BCUT2D eigenvalue weighted by Crippen LogP contribution is 2.40. The van der Waals surface area contributed by atoms with Gasteiger partial charge in [-0.1, -0.05) is 12.8 Å². The molecule has 0 unspecified atom stereocenters. The second-order valence-corrected chi connectivity index (χ2v) is 6.72. The molecule has 0 bridgehead atoms. The number of carbonyl (C=O) groups excluding carboxylic acids is 1. The quantitative estimate of drug-likeness (QED) is 0.908. The number of fused-ring (bicyclic) bond motifs is 1. The van der Waals surface area contributed by atoms with Gasteiger partial charge >= 0.3 is 5.97 Å². The van der Waals surface area contributed by atoms with Crippen molar-refractivity contribution in [1.29, 1.82) is 0 Å². The standard InChI is InChI=1S/C17H19N5O3/c23-16(11-5-7-13(8-6-11)21-10-18-19-20-21)22-14-4-2-1-3-12(14)9-15(22)17(24)25/h5-8,10,12,14-15H,1-4,9H2,(H,24,25)/t12-,14+,15+/m1/s1. The number of amides is 1. The number of carboxylic acid groups (broad SMARTS) is 1. The minimum Gasteiger partial charge on any atom is -0.480 e. The van der Waals surface area contributed by atoms with Crippen LogP contribution in [0.4, 0.5) is 0 Å². The van der Waals surface area contributed by atoms with Crippen LogP contribution in [0, 0.1) is 5.92 Å². The summed E-state index contributed by atoms with van der Waals surface area (Å²) in [7, 11) is 0. The fourth-order valence-corrected chi connectivity index (χ4v) is 4.16. The Kier molecular flexibility index (Phi) is 3.95. The van der Waals surface area contributed by atoms with E-state index in [-0.39, 0.29) is 11.9 Å². The van der Waals surface area contributed by atoms with Gasteiger partial charge in [0.15, 0.2) is 0 Å². The molecule has 1 aromatic carbocycles. The normalized spacial score (nSPS) is 25.6. The van der Waals surface area contributed by atoms with Gasteiger partial charge < -0.3 is 10.0 Å². The topological polar surface area (TPSA) is 101 Å². The summed E-state index contributed by atoms with van der Waals surface area (Å²) in [4.78, 5) is 26.3. The van der Waals surface area contributed by atoms with Crippen molar-refractivity contribution >= 4 is 11.9 Å². The molecule has 0 radical (unpaired) electrons. The largest absolute Gasteiger partial charge is 0.480 e. The summed E-state index contributed by atoms with van der Waals surface area (Å²) in [5.41, 5.74) is 1.24. The van der Waals surface area contributed by atoms with Gasteiger partial charge in [-0.15, -0.1) is 5.10 Å². The molecule has 2 heterocycles. The first-order chi connectivity index (χ1) is 12.1. The smallest absolute Gasteiger partial charge is 0.326 e. The van der Waals surface area contributed by atoms with Crippen LogP contribution in [0.1, 0.15) is 42.5 Å². The van der Waals surface area contributed by atoms with E-state index in [0.717, 1.165) is 31.4 Å². The Morgan fingerprint density at radius 2 is 1.88 bits per heavy atom. The molecule has 2 aliphatic rings. The number of nitrogens with zero attached hydrogens (tertiary/aromatic N) is 5. The number of tetrazole rings is 1. The third-order valence-corrected chi connectivity index (χ3v) is 5.34. The van der Waals surface area contributed by atoms with Crippen molar-refractivity contribution < 1.29 is 14.7 Å². The van der Waals surface area contributed by atoms with E-state index in [4.69, 9.17) is 0 Å². The molecule has 25 heavy (non-hydrogen) atoms. The summed E-state index contributed by atoms with van der Waals surface area (Å²) in [5.74, 6) is -0.808. The van der Waals surface area contributed by atoms with Gasteiger partial charge in [0.25, 0.3) is 5.91 Å². The molecule has 8 nitrogen and oxygen atoms in total. The molecule has 4 rings (SSSR count). The number of hydrogen-bond donors (Lipinski definition) is 1. The van der Waals surface area contributed by atoms with Crippen LogP contribution in [0.25, 0.3) is 5.69 Å². The molecule has 3 atom stereocenters. The van der Waals surface area contributed by atoms with Crippen molar-refractivity contribution in [3.8, 4) is 5.69 Å². The van der Waals surface area contributed by atoms with Crippen LogP contribution in [0.3, 0.4) is 0 Å². The maximum Gasteiger partial charge on any atom is 0.326 e. The van der Waals surface area contributed by atoms with Crippen LogP contribution < -0.4 is 0 Å². The lowest BCUT2D eigenvalue weighted by molar-refractivity contribution is -0.141. The lowest BCUT2D eigenvalue weighted by Gasteiger charge is -2.33. The van der Waals surface area contributed by atoms with Gasteiger partial charge in [-0.3, -0.25) is 4.79 Å². The van der Waals surface area contributed by atoms with E-state index in [0.29, 0.717) is 17.9 Å². The van der Waals surface area contributed by atoms with Crippen molar-refractivity contribution in [2.45, 2.75) is 44.2 Å². The van der Waals surface area contributed by atoms with Crippen molar-refractivity contribution in [2.75, 3.05) is 0 Å². The minimum absolute atomic E-state index is 0.0431. The number of aromatic nitrogens is 4. The van der Waals surface area contributed by atoms with Gasteiger partial charge in [0, 0.05) is 11.6 Å². The molecule has 1 aromatic heterocycles. The molecule has 1 amide bonds. The second-order valence-electron chi connectivity index (χ2n) is 6.72. The maximum absolute atomic E-state index is 13.0. The van der Waals surface area contributed by atoms with E-state index in [2.05, 4.69) is 15.5 Å². The summed E-state index contributed by atoms with van der Waals surface area (Å²) in [6, 6.07) is 6.24. The van der Waals surface area contributed by atoms with E-state index in [9.17, 15) is 14.7 Å². The molecule has 1 aliphatic carbocycles. The highest BCUT2D eigenvalue weighted by atomic mass is 16.4. The lowest BCUT2D eigenvalue weighted by atomic mass is 9.84. The minimum atomic E-state index is -0.909. The first-order valence-corrected chi connectivity index (χ1v) is 8.54. The van der Waals surface area contributed by atoms with E-state index >= 15 is 0 Å². The molecule has 1 saturated carbocycles. The van der Waals surface area contributed by atoms with Gasteiger partial charge in [-0.05, 0) is 59.9 Å². The van der Waals surface area contributed by atoms with Crippen molar-refractivity contribution in [3.63, 3.8) is 0 Å². The Morgan fingerprint density at radius 3 is 2.56 bits per heavy atom. The van der Waals surface area contributed by atoms with E-state index in [1.165, 1.54) is 11.0 Å². The number of hydrogen-bond acceptors (Lipinski definition) is 5. The summed E-state index contributed by atoms with van der Waals surface area (Å²) in [6.07, 6.45) is 6.11. The summed E-state index contributed by atoms with van der Waals surface area (Å²) < 4.78 is 1.50. The first-order valence-electron chi connectivity index (χ1n) is 8.54. The van der Waals surface area contributed by atoms with Crippen molar-refractivity contribution in [3.05, 3.63) is 36.2 Å². The fourth-order valence-electron chi connectivity index (χ4n) is 4.16. The van der Waals surface area contributed by atoms with E-state index in [1.54, 1.807) is 29.2 Å². The molecule has 130 valence electrons. The molecule has 0 spiro atoms. The van der Waals surface area contributed by atoms with Crippen molar-refractivity contribution in [2.24, 2.45) is 5.92 Å². The number of carbonyl (C=O) groups is 2. The van der Waals surface area contributed by atoms with Gasteiger partial charge in [0.1, 0.15) is 12.4 Å². The molecule has 8 heteroatoms. The zero-order valence-corrected chi connectivity index (χ0v) is 13.7. The number of likely N-dealkylation sites (tertiary alicyclic amines) is 1. The van der Waals surface area contributed by atoms with Crippen LogP contribution in [0.15, 0.2) is 30.6 Å². The summed E-state index contributed by atoms with van der Waals surface area (Å²) in [6.45, 7) is 0. The zero-order valence-electron chi connectivity index (χ0n) is 13.7. The first kappa shape index (κ1) is 15.7. The van der Waals surface area contributed by atoms with E-state index in [1.807, 2.05) is 0 Å². The Balaban J connectivity index is 1.61. The van der Waals surface area contributed by atoms with E-state index < -0.39 is 12.0 Å². The monoisotopic (exact) mass is 341 g/mol. The Labute approximate surface area is 144 Å². The average molecular weight is 341 g/mol. The molecular formula is C17H19N5O3. The Hall–Kier alpha value is -2.77. The predicted molar refractivity (Wildman–Crippen MR) is 87.1 cm³/mol. The molecular weight excluding hydrogens is 322 g/mol. The van der Waals surface area contributed by atoms with Crippen LogP contribution in [-0.2, 0) is 4.79 Å². The molecule has 1 N–H and O–H groups in total. The molecule has 2 aromatic rings. The van der Waals surface area contributed by atoms with Crippen molar-refractivity contribution in [1.82, 2.24) is 25.1 Å². The highest BCUT2D eigenvalue weighted by Gasteiger charge is 2.47. The fraction of sp³-hybridized carbons (Fsp3) is 0.471. The van der Waals surface area contributed by atoms with Gasteiger partial charge in [0.05, 0.1) is 5.69 Å². The van der Waals surface area contributed by atoms with Crippen LogP contribution in [0.2, 0.25) is 0 Å². The van der Waals surface area contributed by atoms with Gasteiger partial charge in [-0.25, -0.2) is 9.48 Å². The molecule has 1 aliphatic heterocycles. The third kappa shape index (κ3) is 2.77. The lowest BCUT2D eigenvalue weighted by Crippen LogP contribution is -2.46.